The van der Waals surface area contributed by atoms with E-state index in [0.717, 1.165) is 51.7 Å². The number of fused-ring (bicyclic) bond motifs is 1. The number of ether oxygens (including phenoxy) is 1. The van der Waals surface area contributed by atoms with Gasteiger partial charge in [0.2, 0.25) is 0 Å². The van der Waals surface area contributed by atoms with Crippen LogP contribution in [0.5, 0.6) is 0 Å². The van der Waals surface area contributed by atoms with E-state index >= 15 is 0 Å². The molecule has 1 aliphatic carbocycles. The maximum Gasteiger partial charge on any atom is 0.0809 e. The number of hydrogen-bond acceptors (Lipinski definition) is 4. The number of hydrogen-bond donors (Lipinski definition) is 2. The predicted molar refractivity (Wildman–Crippen MR) is 118 cm³/mol. The van der Waals surface area contributed by atoms with Crippen LogP contribution in [0.2, 0.25) is 0 Å². The Morgan fingerprint density at radius 3 is 2.79 bits per heavy atom. The molecule has 3 N–H and O–H groups in total. The lowest BCUT2D eigenvalue weighted by Crippen LogP contribution is -2.20. The molecule has 1 aliphatic rings. The van der Waals surface area contributed by atoms with Crippen LogP contribution in [-0.2, 0) is 30.6 Å². The van der Waals surface area contributed by atoms with Crippen molar-refractivity contribution in [2.24, 2.45) is 11.7 Å². The van der Waals surface area contributed by atoms with Crippen LogP contribution in [0.3, 0.4) is 0 Å². The maximum atomic E-state index is 9.00. The van der Waals surface area contributed by atoms with Crippen molar-refractivity contribution in [2.75, 3.05) is 19.8 Å². The lowest BCUT2D eigenvalue weighted by Gasteiger charge is -2.26. The van der Waals surface area contributed by atoms with Crippen molar-refractivity contribution in [1.82, 2.24) is 0 Å². The third-order valence-electron chi connectivity index (χ3n) is 5.94. The Labute approximate surface area is 173 Å². The predicted octanol–water partition coefficient (Wildman–Crippen LogP) is 4.84. The highest BCUT2D eigenvalue weighted by Crippen LogP contribution is 2.30. The van der Waals surface area contributed by atoms with E-state index in [1.807, 2.05) is 11.3 Å². The highest BCUT2D eigenvalue weighted by Gasteiger charge is 2.20. The van der Waals surface area contributed by atoms with E-state index in [1.54, 1.807) is 0 Å². The Balaban J connectivity index is 1.50. The highest BCUT2D eigenvalue weighted by atomic mass is 32.1. The van der Waals surface area contributed by atoms with Gasteiger partial charge in [-0.2, -0.15) is 0 Å². The van der Waals surface area contributed by atoms with Crippen LogP contribution in [0.1, 0.15) is 65.0 Å². The second-order valence-electron chi connectivity index (χ2n) is 8.03. The first kappa shape index (κ1) is 21.5. The summed E-state index contributed by atoms with van der Waals surface area (Å²) >= 11 is 1.87. The Hall–Kier alpha value is -1.20. The van der Waals surface area contributed by atoms with E-state index < -0.39 is 0 Å². The van der Waals surface area contributed by atoms with Crippen LogP contribution in [0.15, 0.2) is 30.3 Å². The summed E-state index contributed by atoms with van der Waals surface area (Å²) in [5, 5.41) is 9.00. The van der Waals surface area contributed by atoms with E-state index in [2.05, 4.69) is 37.3 Å². The molecule has 28 heavy (non-hydrogen) atoms. The molecular weight excluding hydrogens is 366 g/mol. The van der Waals surface area contributed by atoms with E-state index in [9.17, 15) is 0 Å². The first-order valence-corrected chi connectivity index (χ1v) is 11.6. The van der Waals surface area contributed by atoms with Crippen molar-refractivity contribution >= 4 is 11.3 Å². The summed E-state index contributed by atoms with van der Waals surface area (Å²) in [6.07, 6.45) is 7.56. The van der Waals surface area contributed by atoms with Gasteiger partial charge in [-0.25, -0.2) is 0 Å². The van der Waals surface area contributed by atoms with Gasteiger partial charge < -0.3 is 15.6 Å². The van der Waals surface area contributed by atoms with Gasteiger partial charge in [0, 0.05) is 16.4 Å². The van der Waals surface area contributed by atoms with Crippen LogP contribution in [0.4, 0.5) is 0 Å². The molecule has 154 valence electrons. The first-order valence-electron chi connectivity index (χ1n) is 10.8. The smallest absolute Gasteiger partial charge is 0.0809 e. The molecule has 3 rings (SSSR count). The van der Waals surface area contributed by atoms with Crippen molar-refractivity contribution in [3.05, 3.63) is 56.8 Å². The number of nitrogens with two attached hydrogens (primary N) is 1. The third kappa shape index (κ3) is 5.90. The average Bonchev–Trinajstić information content (AvgIpc) is 3.19. The molecule has 0 amide bonds. The number of thiophene rings is 1. The van der Waals surface area contributed by atoms with Crippen molar-refractivity contribution in [2.45, 2.75) is 64.4 Å². The molecule has 0 aliphatic heterocycles. The monoisotopic (exact) mass is 401 g/mol. The first-order chi connectivity index (χ1) is 13.7. The van der Waals surface area contributed by atoms with E-state index in [1.165, 1.54) is 32.9 Å². The van der Waals surface area contributed by atoms with Crippen molar-refractivity contribution < 1.29 is 9.84 Å². The van der Waals surface area contributed by atoms with Gasteiger partial charge in [-0.05, 0) is 85.7 Å². The van der Waals surface area contributed by atoms with Crippen molar-refractivity contribution in [3.63, 3.8) is 0 Å². The normalized spacial score (nSPS) is 17.5. The summed E-state index contributed by atoms with van der Waals surface area (Å²) in [7, 11) is 0. The molecule has 0 saturated heterocycles. The topological polar surface area (TPSA) is 55.5 Å². The number of benzene rings is 1. The Morgan fingerprint density at radius 2 is 2.04 bits per heavy atom. The average molecular weight is 402 g/mol. The summed E-state index contributed by atoms with van der Waals surface area (Å²) in [5.74, 6) is 1.04. The molecule has 0 bridgehead atoms. The molecule has 0 radical (unpaired) electrons. The number of aliphatic hydroxyl groups is 1. The van der Waals surface area contributed by atoms with Crippen LogP contribution < -0.4 is 5.73 Å². The molecule has 0 fully saturated rings. The summed E-state index contributed by atoms with van der Waals surface area (Å²) in [5.41, 5.74) is 10.4. The zero-order valence-corrected chi connectivity index (χ0v) is 18.0. The summed E-state index contributed by atoms with van der Waals surface area (Å²) in [6.45, 7) is 4.76. The summed E-state index contributed by atoms with van der Waals surface area (Å²) in [6, 6.07) is 11.4. The largest absolute Gasteiger partial charge is 0.396 e. The minimum Gasteiger partial charge on any atom is -0.396 e. The second-order valence-corrected chi connectivity index (χ2v) is 9.28. The number of unbranched alkanes of at least 4 members (excludes halogenated alkanes) is 1. The van der Waals surface area contributed by atoms with Crippen LogP contribution >= 0.6 is 11.3 Å². The zero-order valence-electron chi connectivity index (χ0n) is 17.2. The van der Waals surface area contributed by atoms with E-state index in [-0.39, 0.29) is 6.61 Å². The van der Waals surface area contributed by atoms with Crippen LogP contribution in [0, 0.1) is 5.92 Å². The Bertz CT molecular complexity index is 727. The van der Waals surface area contributed by atoms with Crippen molar-refractivity contribution in [3.8, 4) is 0 Å². The van der Waals surface area contributed by atoms with Gasteiger partial charge in [0.25, 0.3) is 0 Å². The summed E-state index contributed by atoms with van der Waals surface area (Å²) < 4.78 is 6.04. The molecule has 4 heteroatoms. The fourth-order valence-electron chi connectivity index (χ4n) is 4.19. The fraction of sp³-hybridized carbons (Fsp3) is 0.583. The molecule has 0 unspecified atom stereocenters. The van der Waals surface area contributed by atoms with Gasteiger partial charge in [-0.1, -0.05) is 31.5 Å². The van der Waals surface area contributed by atoms with Gasteiger partial charge in [0.1, 0.15) is 0 Å². The fourth-order valence-corrected chi connectivity index (χ4v) is 5.08. The SMILES string of the molecule is CCc1ccc(COC[C@@H]2CCc3cc([C@H](CN)CCCCO)ccc3C2)s1. The third-order valence-corrected chi connectivity index (χ3v) is 7.14. The van der Waals surface area contributed by atoms with Gasteiger partial charge in [-0.3, -0.25) is 0 Å². The van der Waals surface area contributed by atoms with Crippen molar-refractivity contribution in [1.29, 1.82) is 0 Å². The van der Waals surface area contributed by atoms with Gasteiger partial charge in [0.15, 0.2) is 0 Å². The molecule has 1 aromatic carbocycles. The van der Waals surface area contributed by atoms with E-state index in [4.69, 9.17) is 15.6 Å². The number of aryl methyl sites for hydroxylation is 2. The molecule has 2 aromatic rings. The zero-order chi connectivity index (χ0) is 19.8. The Kier molecular flexibility index (Phi) is 8.53. The molecule has 0 spiro atoms. The molecule has 0 saturated carbocycles. The lowest BCUT2D eigenvalue weighted by molar-refractivity contribution is 0.0840. The highest BCUT2D eigenvalue weighted by molar-refractivity contribution is 7.11. The van der Waals surface area contributed by atoms with Gasteiger partial charge >= 0.3 is 0 Å². The van der Waals surface area contributed by atoms with Crippen LogP contribution in [-0.4, -0.2) is 24.9 Å². The van der Waals surface area contributed by atoms with Gasteiger partial charge in [0.05, 0.1) is 13.2 Å². The molecule has 1 heterocycles. The van der Waals surface area contributed by atoms with Gasteiger partial charge in [-0.15, -0.1) is 11.3 Å². The van der Waals surface area contributed by atoms with Crippen LogP contribution in [0.25, 0.3) is 0 Å². The van der Waals surface area contributed by atoms with E-state index in [0.29, 0.717) is 18.4 Å². The minimum absolute atomic E-state index is 0.275. The molecule has 3 nitrogen and oxygen atoms in total. The number of aliphatic hydroxyl groups excluding tert-OH is 1. The summed E-state index contributed by atoms with van der Waals surface area (Å²) in [4.78, 5) is 2.78. The molecular formula is C24H35NO2S. The minimum atomic E-state index is 0.275. The maximum absolute atomic E-state index is 9.00. The Morgan fingerprint density at radius 1 is 1.18 bits per heavy atom. The lowest BCUT2D eigenvalue weighted by atomic mass is 9.81. The second kappa shape index (κ2) is 11.1. The quantitative estimate of drug-likeness (QED) is 0.530. The molecule has 2 atom stereocenters. The standard InChI is InChI=1S/C24H35NO2S/c1-2-23-10-11-24(28-23)17-27-16-18-6-7-20-14-21(9-8-19(20)13-18)22(15-25)5-3-4-12-26/h8-11,14,18,22,26H,2-7,12-13,15-17,25H2,1H3/t18-,22+/m1/s1. The molecule has 1 aromatic heterocycles. The number of rotatable bonds is 11.